The van der Waals surface area contributed by atoms with E-state index in [9.17, 15) is 4.79 Å². The fourth-order valence-corrected chi connectivity index (χ4v) is 2.84. The molecular weight excluding hydrogens is 202 g/mol. The minimum Gasteiger partial charge on any atom is -0.469 e. The molecule has 0 aromatic heterocycles. The van der Waals surface area contributed by atoms with Gasteiger partial charge in [0.2, 0.25) is 0 Å². The molecule has 0 aromatic carbocycles. The highest BCUT2D eigenvalue weighted by molar-refractivity contribution is 5.85. The number of methoxy groups -OCH3 is 1. The Morgan fingerprint density at radius 2 is 2.14 bits per heavy atom. The number of rotatable bonds is 1. The molecule has 14 heavy (non-hydrogen) atoms. The first-order valence-electron chi connectivity index (χ1n) is 5.11. The van der Waals surface area contributed by atoms with E-state index in [1.54, 1.807) is 0 Å². The van der Waals surface area contributed by atoms with Crippen molar-refractivity contribution in [2.75, 3.05) is 20.2 Å². The lowest BCUT2D eigenvalue weighted by molar-refractivity contribution is -0.147. The van der Waals surface area contributed by atoms with Crippen LogP contribution in [0.4, 0.5) is 0 Å². The molecule has 2 fully saturated rings. The van der Waals surface area contributed by atoms with Crippen molar-refractivity contribution in [1.29, 1.82) is 0 Å². The summed E-state index contributed by atoms with van der Waals surface area (Å²) in [5.74, 6) is 1.51. The molecule has 3 unspecified atom stereocenters. The summed E-state index contributed by atoms with van der Waals surface area (Å²) in [7, 11) is 1.50. The molecule has 1 heterocycles. The third kappa shape index (κ3) is 2.04. The number of nitrogens with one attached hydrogen (secondary N) is 1. The van der Waals surface area contributed by atoms with E-state index >= 15 is 0 Å². The van der Waals surface area contributed by atoms with Gasteiger partial charge in [-0.05, 0) is 44.2 Å². The molecule has 2 aliphatic rings. The van der Waals surface area contributed by atoms with Gasteiger partial charge in [0.05, 0.1) is 13.0 Å². The standard InChI is InChI=1S/C10H17NO2.ClH/c1-13-10(12)9-3-2-7-6-11-5-4-8(7)9;/h7-9,11H,2-6H2,1H3;1H. The first-order chi connectivity index (χ1) is 6.33. The molecule has 0 radical (unpaired) electrons. The molecule has 0 spiro atoms. The minimum atomic E-state index is 0. The third-order valence-corrected chi connectivity index (χ3v) is 3.54. The number of carbonyl (C=O) groups is 1. The summed E-state index contributed by atoms with van der Waals surface area (Å²) >= 11 is 0. The number of piperidine rings is 1. The number of hydrogen-bond acceptors (Lipinski definition) is 3. The Bertz CT molecular complexity index is 210. The monoisotopic (exact) mass is 219 g/mol. The van der Waals surface area contributed by atoms with Gasteiger partial charge in [0.1, 0.15) is 0 Å². The van der Waals surface area contributed by atoms with Crippen molar-refractivity contribution in [3.05, 3.63) is 0 Å². The number of fused-ring (bicyclic) bond motifs is 1. The molecule has 1 aliphatic carbocycles. The van der Waals surface area contributed by atoms with Crippen molar-refractivity contribution in [2.45, 2.75) is 19.3 Å². The van der Waals surface area contributed by atoms with E-state index in [0.29, 0.717) is 5.92 Å². The van der Waals surface area contributed by atoms with Crippen molar-refractivity contribution < 1.29 is 9.53 Å². The summed E-state index contributed by atoms with van der Waals surface area (Å²) < 4.78 is 4.82. The van der Waals surface area contributed by atoms with E-state index in [1.165, 1.54) is 13.5 Å². The predicted octanol–water partition coefficient (Wildman–Crippen LogP) is 1.22. The van der Waals surface area contributed by atoms with Crippen LogP contribution in [0.15, 0.2) is 0 Å². The van der Waals surface area contributed by atoms with E-state index in [4.69, 9.17) is 4.74 Å². The van der Waals surface area contributed by atoms with Gasteiger partial charge in [-0.15, -0.1) is 12.4 Å². The molecule has 4 heteroatoms. The third-order valence-electron chi connectivity index (χ3n) is 3.54. The van der Waals surface area contributed by atoms with E-state index < -0.39 is 0 Å². The Labute approximate surface area is 91.0 Å². The second-order valence-electron chi connectivity index (χ2n) is 4.12. The maximum absolute atomic E-state index is 11.4. The van der Waals surface area contributed by atoms with Crippen LogP contribution in [-0.2, 0) is 9.53 Å². The van der Waals surface area contributed by atoms with Gasteiger partial charge in [-0.1, -0.05) is 0 Å². The van der Waals surface area contributed by atoms with Crippen LogP contribution in [0.1, 0.15) is 19.3 Å². The van der Waals surface area contributed by atoms with E-state index in [-0.39, 0.29) is 24.3 Å². The molecule has 0 aromatic rings. The molecule has 1 saturated carbocycles. The number of ether oxygens (including phenoxy) is 1. The lowest BCUT2D eigenvalue weighted by Crippen LogP contribution is -2.37. The summed E-state index contributed by atoms with van der Waals surface area (Å²) in [4.78, 5) is 11.4. The molecular formula is C10H18ClNO2. The Hall–Kier alpha value is -0.280. The van der Waals surface area contributed by atoms with Crippen LogP contribution in [0, 0.1) is 17.8 Å². The topological polar surface area (TPSA) is 38.3 Å². The van der Waals surface area contributed by atoms with E-state index in [0.717, 1.165) is 31.8 Å². The summed E-state index contributed by atoms with van der Waals surface area (Å²) in [6.45, 7) is 2.16. The van der Waals surface area contributed by atoms with Crippen LogP contribution in [0.2, 0.25) is 0 Å². The lowest BCUT2D eigenvalue weighted by atomic mass is 9.84. The van der Waals surface area contributed by atoms with Gasteiger partial charge in [0.15, 0.2) is 0 Å². The number of esters is 1. The van der Waals surface area contributed by atoms with Crippen molar-refractivity contribution in [3.8, 4) is 0 Å². The predicted molar refractivity (Wildman–Crippen MR) is 56.5 cm³/mol. The number of halogens is 1. The average molecular weight is 220 g/mol. The van der Waals surface area contributed by atoms with E-state index in [2.05, 4.69) is 5.32 Å². The first kappa shape index (κ1) is 11.8. The van der Waals surface area contributed by atoms with Crippen molar-refractivity contribution in [3.63, 3.8) is 0 Å². The summed E-state index contributed by atoms with van der Waals surface area (Å²) in [5.41, 5.74) is 0. The van der Waals surface area contributed by atoms with Crippen LogP contribution >= 0.6 is 12.4 Å². The first-order valence-corrected chi connectivity index (χ1v) is 5.11. The fourth-order valence-electron chi connectivity index (χ4n) is 2.84. The maximum atomic E-state index is 11.4. The second kappa shape index (κ2) is 4.99. The molecule has 82 valence electrons. The number of carbonyl (C=O) groups excluding carboxylic acids is 1. The molecule has 1 saturated heterocycles. The van der Waals surface area contributed by atoms with Gasteiger partial charge in [-0.3, -0.25) is 4.79 Å². The lowest BCUT2D eigenvalue weighted by Gasteiger charge is -2.28. The van der Waals surface area contributed by atoms with Crippen molar-refractivity contribution >= 4 is 18.4 Å². The Balaban J connectivity index is 0.000000980. The fraction of sp³-hybridized carbons (Fsp3) is 0.900. The molecule has 2 rings (SSSR count). The van der Waals surface area contributed by atoms with Crippen LogP contribution in [0.25, 0.3) is 0 Å². The SMILES string of the molecule is COC(=O)C1CCC2CNCCC21.Cl. The Kier molecular flexibility index (Phi) is 4.20. The average Bonchev–Trinajstić information content (AvgIpc) is 2.60. The van der Waals surface area contributed by atoms with Gasteiger partial charge >= 0.3 is 5.97 Å². The highest BCUT2D eigenvalue weighted by Gasteiger charge is 2.41. The van der Waals surface area contributed by atoms with Crippen LogP contribution in [0.5, 0.6) is 0 Å². The second-order valence-corrected chi connectivity index (χ2v) is 4.12. The van der Waals surface area contributed by atoms with Gasteiger partial charge in [-0.2, -0.15) is 0 Å². The molecule has 0 amide bonds. The molecule has 1 N–H and O–H groups in total. The minimum absolute atomic E-state index is 0. The van der Waals surface area contributed by atoms with Crippen LogP contribution in [-0.4, -0.2) is 26.2 Å². The van der Waals surface area contributed by atoms with Gasteiger partial charge in [0.25, 0.3) is 0 Å². The zero-order valence-electron chi connectivity index (χ0n) is 8.49. The zero-order valence-corrected chi connectivity index (χ0v) is 9.31. The maximum Gasteiger partial charge on any atom is 0.308 e. The molecule has 3 atom stereocenters. The highest BCUT2D eigenvalue weighted by atomic mass is 35.5. The van der Waals surface area contributed by atoms with Gasteiger partial charge in [0, 0.05) is 0 Å². The normalized spacial score (nSPS) is 35.6. The van der Waals surface area contributed by atoms with Crippen molar-refractivity contribution in [2.24, 2.45) is 17.8 Å². The largest absolute Gasteiger partial charge is 0.469 e. The zero-order chi connectivity index (χ0) is 9.26. The molecule has 3 nitrogen and oxygen atoms in total. The van der Waals surface area contributed by atoms with Gasteiger partial charge < -0.3 is 10.1 Å². The highest BCUT2D eigenvalue weighted by Crippen LogP contribution is 2.40. The molecule has 0 bridgehead atoms. The van der Waals surface area contributed by atoms with Crippen LogP contribution < -0.4 is 5.32 Å². The summed E-state index contributed by atoms with van der Waals surface area (Å²) in [6, 6.07) is 0. The van der Waals surface area contributed by atoms with Crippen LogP contribution in [0.3, 0.4) is 0 Å². The smallest absolute Gasteiger partial charge is 0.308 e. The Morgan fingerprint density at radius 1 is 1.36 bits per heavy atom. The van der Waals surface area contributed by atoms with Gasteiger partial charge in [-0.25, -0.2) is 0 Å². The Morgan fingerprint density at radius 3 is 2.86 bits per heavy atom. The van der Waals surface area contributed by atoms with E-state index in [1.807, 2.05) is 0 Å². The summed E-state index contributed by atoms with van der Waals surface area (Å²) in [5, 5.41) is 3.38. The molecule has 1 aliphatic heterocycles. The number of hydrogen-bond donors (Lipinski definition) is 1. The summed E-state index contributed by atoms with van der Waals surface area (Å²) in [6.07, 6.45) is 3.37. The quantitative estimate of drug-likeness (QED) is 0.674. The van der Waals surface area contributed by atoms with Crippen molar-refractivity contribution in [1.82, 2.24) is 5.32 Å².